The second-order valence-electron chi connectivity index (χ2n) is 23.3. The minimum absolute atomic E-state index is 0.392. The van der Waals surface area contributed by atoms with Crippen LogP contribution in [0.2, 0.25) is 0 Å². The van der Waals surface area contributed by atoms with Gasteiger partial charge in [-0.2, -0.15) is 0 Å². The molecule has 71 heavy (non-hydrogen) atoms. The van der Waals surface area contributed by atoms with Crippen LogP contribution in [0, 0.1) is 0 Å². The van der Waals surface area contributed by atoms with E-state index in [0.717, 1.165) is 45.8 Å². The Morgan fingerprint density at radius 1 is 0.268 bits per heavy atom. The molecule has 0 unspecified atom stereocenters. The van der Waals surface area contributed by atoms with Crippen molar-refractivity contribution < 1.29 is 4.79 Å². The van der Waals surface area contributed by atoms with Crippen LogP contribution in [-0.4, -0.2) is 122 Å². The summed E-state index contributed by atoms with van der Waals surface area (Å²) in [6.45, 7) is 26.9. The van der Waals surface area contributed by atoms with E-state index < -0.39 is 0 Å². The predicted molar refractivity (Wildman–Crippen MR) is 318 cm³/mol. The Morgan fingerprint density at radius 2 is 0.493 bits per heavy atom. The summed E-state index contributed by atoms with van der Waals surface area (Å²) in [5.41, 5.74) is 0. The molecule has 6 nitrogen and oxygen atoms in total. The highest BCUT2D eigenvalue weighted by atomic mass is 16.2. The molecule has 1 rings (SSSR count). The Hall–Kier alpha value is -0.690. The van der Waals surface area contributed by atoms with Gasteiger partial charge in [-0.25, -0.2) is 0 Å². The van der Waals surface area contributed by atoms with Gasteiger partial charge in [0.2, 0.25) is 5.91 Å². The number of piperazine rings is 1. The fourth-order valence-corrected chi connectivity index (χ4v) is 11.3. The summed E-state index contributed by atoms with van der Waals surface area (Å²) >= 11 is 0. The third-order valence-corrected chi connectivity index (χ3v) is 16.4. The normalized spacial score (nSPS) is 13.5. The molecule has 0 aromatic carbocycles. The Kier molecular flexibility index (Phi) is 53.4. The Morgan fingerprint density at radius 3 is 0.789 bits per heavy atom. The average Bonchev–Trinajstić information content (AvgIpc) is 3.38. The van der Waals surface area contributed by atoms with E-state index >= 15 is 0 Å². The number of rotatable bonds is 58. The molecule has 0 N–H and O–H groups in total. The van der Waals surface area contributed by atoms with Gasteiger partial charge in [0.25, 0.3) is 0 Å². The van der Waals surface area contributed by atoms with E-state index in [9.17, 15) is 4.79 Å². The van der Waals surface area contributed by atoms with Gasteiger partial charge in [0.05, 0.1) is 6.54 Å². The lowest BCUT2D eigenvalue weighted by Crippen LogP contribution is -2.52. The molecular formula is C65H133N5O. The molecule has 0 aromatic heterocycles. The molecule has 1 aliphatic rings. The lowest BCUT2D eigenvalue weighted by Gasteiger charge is -2.36. The fourth-order valence-electron chi connectivity index (χ4n) is 11.3. The summed E-state index contributed by atoms with van der Waals surface area (Å²) in [4.78, 5) is 27.3. The molecule has 1 heterocycles. The third-order valence-electron chi connectivity index (χ3n) is 16.4. The zero-order valence-corrected chi connectivity index (χ0v) is 49.9. The maximum Gasteiger partial charge on any atom is 0.236 e. The lowest BCUT2D eigenvalue weighted by molar-refractivity contribution is -0.134. The van der Waals surface area contributed by atoms with Crippen LogP contribution in [0.5, 0.6) is 0 Å². The second-order valence-corrected chi connectivity index (χ2v) is 23.3. The van der Waals surface area contributed by atoms with Gasteiger partial charge < -0.3 is 14.7 Å². The van der Waals surface area contributed by atoms with Gasteiger partial charge in [-0.05, 0) is 84.3 Å². The number of hydrogen-bond acceptors (Lipinski definition) is 5. The zero-order valence-electron chi connectivity index (χ0n) is 49.9. The highest BCUT2D eigenvalue weighted by Crippen LogP contribution is 2.16. The molecular weight excluding hydrogens is 867 g/mol. The summed E-state index contributed by atoms with van der Waals surface area (Å²) in [6, 6.07) is 0. The van der Waals surface area contributed by atoms with E-state index in [1.165, 1.54) is 328 Å². The van der Waals surface area contributed by atoms with Crippen LogP contribution in [0.3, 0.4) is 0 Å². The van der Waals surface area contributed by atoms with Crippen LogP contribution in [-0.2, 0) is 4.79 Å². The first-order chi connectivity index (χ1) is 35.1. The van der Waals surface area contributed by atoms with Crippen molar-refractivity contribution >= 4 is 5.91 Å². The Labute approximate surface area is 448 Å². The number of carbonyl (C=O) groups excluding carboxylic acids is 1. The molecule has 1 aliphatic heterocycles. The highest BCUT2D eigenvalue weighted by Gasteiger charge is 2.23. The van der Waals surface area contributed by atoms with Gasteiger partial charge in [0, 0.05) is 39.3 Å². The molecule has 0 spiro atoms. The molecule has 1 saturated heterocycles. The molecule has 0 bridgehead atoms. The van der Waals surface area contributed by atoms with E-state index in [-0.39, 0.29) is 0 Å². The van der Waals surface area contributed by atoms with Crippen molar-refractivity contribution in [1.82, 2.24) is 24.5 Å². The van der Waals surface area contributed by atoms with Crippen molar-refractivity contribution in [1.29, 1.82) is 0 Å². The zero-order chi connectivity index (χ0) is 51.2. The number of unbranched alkanes of at least 4 members (excludes halogenated alkanes) is 39. The predicted octanol–water partition coefficient (Wildman–Crippen LogP) is 18.7. The summed E-state index contributed by atoms with van der Waals surface area (Å²) in [6.07, 6.45) is 62.6. The Balaban J connectivity index is 2.74. The smallest absolute Gasteiger partial charge is 0.236 e. The van der Waals surface area contributed by atoms with Crippen LogP contribution in [0.25, 0.3) is 0 Å². The summed E-state index contributed by atoms with van der Waals surface area (Å²) in [7, 11) is 0. The van der Waals surface area contributed by atoms with Gasteiger partial charge in [-0.3, -0.25) is 14.6 Å². The van der Waals surface area contributed by atoms with Crippen LogP contribution in [0.4, 0.5) is 0 Å². The molecule has 0 atom stereocenters. The first-order valence-corrected chi connectivity index (χ1v) is 33.2. The third kappa shape index (κ3) is 46.4. The molecule has 0 saturated carbocycles. The number of nitrogens with zero attached hydrogens (tertiary/aromatic N) is 5. The monoisotopic (exact) mass is 1000 g/mol. The molecule has 0 aromatic rings. The van der Waals surface area contributed by atoms with Gasteiger partial charge in [0.15, 0.2) is 0 Å². The largest absolute Gasteiger partial charge is 0.339 e. The van der Waals surface area contributed by atoms with Crippen LogP contribution < -0.4 is 0 Å². The number of carbonyl (C=O) groups is 1. The van der Waals surface area contributed by atoms with Crippen molar-refractivity contribution in [2.24, 2.45) is 0 Å². The summed E-state index contributed by atoms with van der Waals surface area (Å²) < 4.78 is 0. The van der Waals surface area contributed by atoms with Gasteiger partial charge >= 0.3 is 0 Å². The van der Waals surface area contributed by atoms with Gasteiger partial charge in [-0.15, -0.1) is 0 Å². The molecule has 0 radical (unpaired) electrons. The van der Waals surface area contributed by atoms with E-state index in [2.05, 4.69) is 59.1 Å². The van der Waals surface area contributed by atoms with E-state index in [1.54, 1.807) is 0 Å². The molecule has 424 valence electrons. The number of amides is 1. The maximum atomic E-state index is 14.1. The van der Waals surface area contributed by atoms with Gasteiger partial charge in [0.1, 0.15) is 0 Å². The fraction of sp³-hybridized carbons (Fsp3) is 0.985. The average molecular weight is 1000 g/mol. The molecule has 1 amide bonds. The lowest BCUT2D eigenvalue weighted by atomic mass is 10.1. The van der Waals surface area contributed by atoms with Crippen LogP contribution >= 0.6 is 0 Å². The summed E-state index contributed by atoms with van der Waals surface area (Å²) in [5.74, 6) is 0.392. The topological polar surface area (TPSA) is 33.3 Å². The van der Waals surface area contributed by atoms with Crippen molar-refractivity contribution in [3.8, 4) is 0 Å². The van der Waals surface area contributed by atoms with Crippen molar-refractivity contribution in [2.75, 3.05) is 91.6 Å². The SMILES string of the molecule is CCCCCCCCCCCCN(CCCCCCCCCCCC)CCN(CCCCCCCCCCCC)CC(=O)N1CCN(CCCN(CCCCCCCCC)CCCCCCCCC)CC1. The van der Waals surface area contributed by atoms with Crippen LogP contribution in [0.15, 0.2) is 0 Å². The van der Waals surface area contributed by atoms with Crippen molar-refractivity contribution in [2.45, 2.75) is 324 Å². The minimum atomic E-state index is 0.392. The van der Waals surface area contributed by atoms with E-state index in [1.807, 2.05) is 0 Å². The van der Waals surface area contributed by atoms with E-state index in [0.29, 0.717) is 12.5 Å². The first kappa shape index (κ1) is 68.3. The quantitative estimate of drug-likeness (QED) is 0.0567. The van der Waals surface area contributed by atoms with Crippen LogP contribution in [0.1, 0.15) is 324 Å². The van der Waals surface area contributed by atoms with E-state index in [4.69, 9.17) is 0 Å². The highest BCUT2D eigenvalue weighted by molar-refractivity contribution is 5.78. The molecule has 0 aliphatic carbocycles. The number of hydrogen-bond donors (Lipinski definition) is 0. The Bertz CT molecular complexity index is 991. The standard InChI is InChI=1S/C65H133N5O/c1-6-11-16-21-26-29-32-37-42-47-53-67(54-48-43-38-33-30-27-22-17-12-7-2)58-59-69(55-49-44-39-34-31-28-23-18-13-8-3)64-65(71)70-62-60-68(61-63-70)57-50-56-66(51-45-40-35-24-19-14-9-4)52-46-41-36-25-20-15-10-5/h6-64H2,1-5H3. The maximum absolute atomic E-state index is 14.1. The summed E-state index contributed by atoms with van der Waals surface area (Å²) in [5, 5.41) is 0. The van der Waals surface area contributed by atoms with Crippen molar-refractivity contribution in [3.05, 3.63) is 0 Å². The van der Waals surface area contributed by atoms with Gasteiger partial charge in [-0.1, -0.05) is 285 Å². The second kappa shape index (κ2) is 55.5. The minimum Gasteiger partial charge on any atom is -0.339 e. The molecule has 1 fully saturated rings. The van der Waals surface area contributed by atoms with Crippen molar-refractivity contribution in [3.63, 3.8) is 0 Å². The molecule has 6 heteroatoms. The first-order valence-electron chi connectivity index (χ1n) is 33.2.